The molecule has 1 aliphatic rings. The maximum atomic E-state index is 12.2. The molecule has 0 saturated carbocycles. The van der Waals surface area contributed by atoms with E-state index < -0.39 is 34.4 Å². The van der Waals surface area contributed by atoms with Gasteiger partial charge >= 0.3 is 12.6 Å². The normalized spacial score (nSPS) is 19.2. The molecule has 0 aliphatic carbocycles. The molecule has 2 atom stereocenters. The minimum Gasteiger partial charge on any atom is -0.452 e. The van der Waals surface area contributed by atoms with E-state index in [0.29, 0.717) is 6.42 Å². The van der Waals surface area contributed by atoms with Gasteiger partial charge in [0, 0.05) is 10.9 Å². The Morgan fingerprint density at radius 3 is 2.68 bits per heavy atom. The molecule has 0 unspecified atom stereocenters. The number of carbonyl (C=O) groups excluding carboxylic acids is 2. The molecule has 1 aromatic rings. The van der Waals surface area contributed by atoms with Crippen molar-refractivity contribution in [1.29, 1.82) is 0 Å². The summed E-state index contributed by atoms with van der Waals surface area (Å²) in [4.78, 5) is 23.9. The molecule has 0 bridgehead atoms. The summed E-state index contributed by atoms with van der Waals surface area (Å²) in [5.74, 6) is -1.44. The number of rotatable bonds is 8. The van der Waals surface area contributed by atoms with E-state index >= 15 is 0 Å². The second kappa shape index (κ2) is 9.75. The fourth-order valence-corrected chi connectivity index (χ4v) is 6.03. The number of hydrogen-bond donors (Lipinski definition) is 1. The molecule has 156 valence electrons. The first-order valence-electron chi connectivity index (χ1n) is 8.12. The first-order valence-corrected chi connectivity index (χ1v) is 11.4. The second-order valence-corrected chi connectivity index (χ2v) is 9.91. The number of nitrogens with one attached hydrogen (secondary N) is 1. The smallest absolute Gasteiger partial charge is 0.387 e. The van der Waals surface area contributed by atoms with E-state index in [1.807, 2.05) is 0 Å². The lowest BCUT2D eigenvalue weighted by Gasteiger charge is -2.15. The Labute approximate surface area is 170 Å². The molecule has 12 heteroatoms. The molecule has 1 saturated heterocycles. The number of ether oxygens (including phenoxy) is 2. The van der Waals surface area contributed by atoms with Gasteiger partial charge in [0.1, 0.15) is 5.75 Å². The molecule has 0 aromatic heterocycles. The minimum atomic E-state index is -3.03. The molecular weight excluding hydrogens is 440 g/mol. The average Bonchev–Trinajstić information content (AvgIpc) is 2.94. The molecule has 1 amide bonds. The van der Waals surface area contributed by atoms with E-state index in [1.54, 1.807) is 0 Å². The van der Waals surface area contributed by atoms with Crippen LogP contribution in [-0.2, 0) is 24.2 Å². The van der Waals surface area contributed by atoms with Crippen molar-refractivity contribution < 1.29 is 36.3 Å². The van der Waals surface area contributed by atoms with E-state index in [9.17, 15) is 26.8 Å². The lowest BCUT2D eigenvalue weighted by Crippen LogP contribution is -2.30. The van der Waals surface area contributed by atoms with Crippen LogP contribution in [0.15, 0.2) is 18.2 Å². The van der Waals surface area contributed by atoms with Gasteiger partial charge in [-0.25, -0.2) is 8.42 Å². The van der Waals surface area contributed by atoms with Gasteiger partial charge in [-0.15, -0.1) is 11.8 Å². The standard InChI is InChI=1S/C16H18ClF2NO6S2/c1-9(25-14(21)7-27-11-4-5-28(23,24)8-11)15(22)20-10-2-3-13(12(17)6-10)26-16(18)19/h2-3,6,9,11,16H,4-5,7-8H2,1H3,(H,20,22)/t9-,11-/m1/s1. The molecule has 2 rings (SSSR count). The molecule has 1 aromatic carbocycles. The predicted octanol–water partition coefficient (Wildman–Crippen LogP) is 2.73. The van der Waals surface area contributed by atoms with Crippen molar-refractivity contribution in [2.75, 3.05) is 22.6 Å². The van der Waals surface area contributed by atoms with E-state index in [-0.39, 0.29) is 39.0 Å². The van der Waals surface area contributed by atoms with Crippen LogP contribution in [0.25, 0.3) is 0 Å². The van der Waals surface area contributed by atoms with Crippen LogP contribution in [0, 0.1) is 0 Å². The van der Waals surface area contributed by atoms with Gasteiger partial charge in [0.05, 0.1) is 22.3 Å². The topological polar surface area (TPSA) is 98.8 Å². The Hall–Kier alpha value is -1.59. The third-order valence-electron chi connectivity index (χ3n) is 3.72. The minimum absolute atomic E-state index is 0.0347. The number of amides is 1. The van der Waals surface area contributed by atoms with Crippen LogP contribution < -0.4 is 10.1 Å². The lowest BCUT2D eigenvalue weighted by atomic mass is 10.3. The maximum Gasteiger partial charge on any atom is 0.387 e. The number of anilines is 1. The van der Waals surface area contributed by atoms with Gasteiger partial charge in [-0.1, -0.05) is 11.6 Å². The molecule has 1 heterocycles. The number of thioether (sulfide) groups is 1. The molecule has 1 fully saturated rings. The van der Waals surface area contributed by atoms with Gasteiger partial charge in [-0.3, -0.25) is 9.59 Å². The fourth-order valence-electron chi connectivity index (χ4n) is 2.38. The molecule has 7 nitrogen and oxygen atoms in total. The quantitative estimate of drug-likeness (QED) is 0.599. The summed E-state index contributed by atoms with van der Waals surface area (Å²) in [7, 11) is -3.03. The number of sulfone groups is 1. The number of halogens is 3. The van der Waals surface area contributed by atoms with Gasteiger partial charge in [0.15, 0.2) is 15.9 Å². The largest absolute Gasteiger partial charge is 0.452 e. The first-order chi connectivity index (χ1) is 13.1. The fraction of sp³-hybridized carbons (Fsp3) is 0.500. The van der Waals surface area contributed by atoms with Gasteiger partial charge in [-0.05, 0) is 31.5 Å². The zero-order chi connectivity index (χ0) is 20.9. The Kier molecular flexibility index (Phi) is 7.90. The SMILES string of the molecule is C[C@@H](OC(=O)CS[C@@H]1CCS(=O)(=O)C1)C(=O)Nc1ccc(OC(F)F)c(Cl)c1. The highest BCUT2D eigenvalue weighted by atomic mass is 35.5. The van der Waals surface area contributed by atoms with Crippen LogP contribution in [-0.4, -0.2) is 55.5 Å². The molecule has 0 spiro atoms. The number of alkyl halides is 2. The van der Waals surface area contributed by atoms with Gasteiger partial charge in [0.25, 0.3) is 5.91 Å². The summed E-state index contributed by atoms with van der Waals surface area (Å²) in [6.07, 6.45) is -0.626. The summed E-state index contributed by atoms with van der Waals surface area (Å²) in [5, 5.41) is 2.17. The van der Waals surface area contributed by atoms with Crippen molar-refractivity contribution in [3.05, 3.63) is 23.2 Å². The van der Waals surface area contributed by atoms with Crippen molar-refractivity contribution in [2.45, 2.75) is 31.3 Å². The van der Waals surface area contributed by atoms with Crippen LogP contribution >= 0.6 is 23.4 Å². The Morgan fingerprint density at radius 1 is 1.39 bits per heavy atom. The first kappa shape index (κ1) is 22.7. The van der Waals surface area contributed by atoms with Crippen LogP contribution in [0.4, 0.5) is 14.5 Å². The monoisotopic (exact) mass is 457 g/mol. The molecule has 0 radical (unpaired) electrons. The Morgan fingerprint density at radius 2 is 2.11 bits per heavy atom. The summed E-state index contributed by atoms with van der Waals surface area (Å²) >= 11 is 6.99. The van der Waals surface area contributed by atoms with Crippen LogP contribution in [0.3, 0.4) is 0 Å². The molecular formula is C16H18ClF2NO6S2. The van der Waals surface area contributed by atoms with Gasteiger partial charge in [0.2, 0.25) is 0 Å². The van der Waals surface area contributed by atoms with Crippen molar-refractivity contribution in [2.24, 2.45) is 0 Å². The third kappa shape index (κ3) is 7.10. The highest BCUT2D eigenvalue weighted by Crippen LogP contribution is 2.29. The zero-order valence-corrected chi connectivity index (χ0v) is 17.1. The summed E-state index contributed by atoms with van der Waals surface area (Å²) < 4.78 is 56.4. The number of carbonyl (C=O) groups is 2. The second-order valence-electron chi connectivity index (χ2n) is 5.98. The van der Waals surface area contributed by atoms with Crippen LogP contribution in [0.2, 0.25) is 5.02 Å². The summed E-state index contributed by atoms with van der Waals surface area (Å²) in [5.41, 5.74) is 0.213. The Bertz CT molecular complexity index is 836. The van der Waals surface area contributed by atoms with Crippen molar-refractivity contribution >= 4 is 50.8 Å². The molecule has 1 aliphatic heterocycles. The summed E-state index contributed by atoms with van der Waals surface area (Å²) in [6, 6.07) is 3.71. The summed E-state index contributed by atoms with van der Waals surface area (Å²) in [6.45, 7) is -1.66. The highest BCUT2D eigenvalue weighted by molar-refractivity contribution is 8.02. The predicted molar refractivity (Wildman–Crippen MR) is 102 cm³/mol. The number of hydrogen-bond acceptors (Lipinski definition) is 7. The van der Waals surface area contributed by atoms with Crippen molar-refractivity contribution in [1.82, 2.24) is 0 Å². The number of esters is 1. The highest BCUT2D eigenvalue weighted by Gasteiger charge is 2.29. The van der Waals surface area contributed by atoms with E-state index in [2.05, 4.69) is 10.1 Å². The van der Waals surface area contributed by atoms with Gasteiger partial charge < -0.3 is 14.8 Å². The van der Waals surface area contributed by atoms with E-state index in [0.717, 1.165) is 0 Å². The van der Waals surface area contributed by atoms with Crippen LogP contribution in [0.1, 0.15) is 13.3 Å². The van der Waals surface area contributed by atoms with Crippen LogP contribution in [0.5, 0.6) is 5.75 Å². The van der Waals surface area contributed by atoms with E-state index in [4.69, 9.17) is 16.3 Å². The average molecular weight is 458 g/mol. The lowest BCUT2D eigenvalue weighted by molar-refractivity contribution is -0.150. The Balaban J connectivity index is 1.80. The maximum absolute atomic E-state index is 12.2. The molecule has 1 N–H and O–H groups in total. The number of benzene rings is 1. The zero-order valence-electron chi connectivity index (χ0n) is 14.7. The van der Waals surface area contributed by atoms with E-state index in [1.165, 1.54) is 36.9 Å². The third-order valence-corrected chi connectivity index (χ3v) is 7.27. The van der Waals surface area contributed by atoms with Gasteiger partial charge in [-0.2, -0.15) is 8.78 Å². The van der Waals surface area contributed by atoms with Crippen molar-refractivity contribution in [3.63, 3.8) is 0 Å². The van der Waals surface area contributed by atoms with Crippen molar-refractivity contribution in [3.8, 4) is 5.75 Å². The molecule has 28 heavy (non-hydrogen) atoms.